The van der Waals surface area contributed by atoms with Crippen LogP contribution >= 0.6 is 0 Å². The molecule has 0 aromatic carbocycles. The van der Waals surface area contributed by atoms with Gasteiger partial charge in [0.1, 0.15) is 0 Å². The molecule has 0 aliphatic rings. The van der Waals surface area contributed by atoms with Gasteiger partial charge in [-0.3, -0.25) is 0 Å². The summed E-state index contributed by atoms with van der Waals surface area (Å²) in [7, 11) is 2.28. The van der Waals surface area contributed by atoms with Gasteiger partial charge in [-0.1, -0.05) is 47.5 Å². The number of rotatable bonds is 11. The highest BCUT2D eigenvalue weighted by atomic mass is 15.1. The van der Waals surface area contributed by atoms with Crippen LogP contribution in [0.2, 0.25) is 0 Å². The molecule has 0 aromatic rings. The first kappa shape index (κ1) is 17.9. The van der Waals surface area contributed by atoms with Gasteiger partial charge in [-0.25, -0.2) is 0 Å². The van der Waals surface area contributed by atoms with Crippen LogP contribution in [-0.2, 0) is 0 Å². The van der Waals surface area contributed by atoms with E-state index in [4.69, 9.17) is 0 Å². The van der Waals surface area contributed by atoms with Gasteiger partial charge in [0.2, 0.25) is 0 Å². The summed E-state index contributed by atoms with van der Waals surface area (Å²) in [5.74, 6) is 0. The van der Waals surface area contributed by atoms with E-state index in [0.29, 0.717) is 11.5 Å². The highest BCUT2D eigenvalue weighted by Gasteiger charge is 2.27. The van der Waals surface area contributed by atoms with Crippen molar-refractivity contribution in [3.05, 3.63) is 0 Å². The van der Waals surface area contributed by atoms with Crippen LogP contribution in [0.4, 0.5) is 0 Å². The van der Waals surface area contributed by atoms with Crippen LogP contribution < -0.4 is 5.32 Å². The fourth-order valence-electron chi connectivity index (χ4n) is 2.48. The summed E-state index contributed by atoms with van der Waals surface area (Å²) >= 11 is 0. The van der Waals surface area contributed by atoms with Crippen molar-refractivity contribution in [2.75, 3.05) is 26.7 Å². The van der Waals surface area contributed by atoms with Crippen LogP contribution in [0.25, 0.3) is 0 Å². The molecule has 0 aliphatic carbocycles. The zero-order chi connectivity index (χ0) is 14.0. The van der Waals surface area contributed by atoms with Crippen molar-refractivity contribution < 1.29 is 0 Å². The zero-order valence-corrected chi connectivity index (χ0v) is 13.7. The van der Waals surface area contributed by atoms with Crippen LogP contribution in [0.3, 0.4) is 0 Å². The predicted octanol–water partition coefficient (Wildman–Crippen LogP) is 3.91. The highest BCUT2D eigenvalue weighted by Crippen LogP contribution is 2.26. The molecule has 2 heteroatoms. The van der Waals surface area contributed by atoms with E-state index in [9.17, 15) is 0 Å². The summed E-state index contributed by atoms with van der Waals surface area (Å²) in [6.45, 7) is 15.0. The van der Waals surface area contributed by atoms with Crippen molar-refractivity contribution in [1.82, 2.24) is 10.2 Å². The van der Waals surface area contributed by atoms with Gasteiger partial charge < -0.3 is 10.2 Å². The Morgan fingerprint density at radius 3 is 2.11 bits per heavy atom. The second-order valence-electron chi connectivity index (χ2n) is 6.19. The van der Waals surface area contributed by atoms with Crippen LogP contribution in [0.1, 0.15) is 66.7 Å². The lowest BCUT2D eigenvalue weighted by Crippen LogP contribution is -2.44. The standard InChI is InChI=1S/C16H36N2/c1-7-10-11-12-18(6)14-16(8-2,9-3)13-17-15(4)5/h15,17H,7-14H2,1-6H3. The van der Waals surface area contributed by atoms with Crippen LogP contribution in [-0.4, -0.2) is 37.6 Å². The molecule has 0 aliphatic heterocycles. The minimum Gasteiger partial charge on any atom is -0.314 e. The third-order valence-electron chi connectivity index (χ3n) is 4.13. The summed E-state index contributed by atoms with van der Waals surface area (Å²) in [5.41, 5.74) is 0.450. The summed E-state index contributed by atoms with van der Waals surface area (Å²) in [6.07, 6.45) is 6.55. The van der Waals surface area contributed by atoms with Gasteiger partial charge in [-0.15, -0.1) is 0 Å². The maximum absolute atomic E-state index is 3.63. The van der Waals surface area contributed by atoms with Crippen molar-refractivity contribution in [1.29, 1.82) is 0 Å². The molecule has 0 aromatic heterocycles. The van der Waals surface area contributed by atoms with E-state index in [1.165, 1.54) is 45.2 Å². The third kappa shape index (κ3) is 7.38. The molecule has 2 nitrogen and oxygen atoms in total. The van der Waals surface area contributed by atoms with Crippen LogP contribution in [0.15, 0.2) is 0 Å². The first-order valence-corrected chi connectivity index (χ1v) is 7.91. The summed E-state index contributed by atoms with van der Waals surface area (Å²) in [5, 5.41) is 3.63. The van der Waals surface area contributed by atoms with Crippen molar-refractivity contribution in [2.45, 2.75) is 72.8 Å². The quantitative estimate of drug-likeness (QED) is 0.564. The average molecular weight is 256 g/mol. The minimum absolute atomic E-state index is 0.450. The summed E-state index contributed by atoms with van der Waals surface area (Å²) in [6, 6.07) is 0.591. The van der Waals surface area contributed by atoms with Gasteiger partial charge in [0.05, 0.1) is 0 Å². The van der Waals surface area contributed by atoms with Gasteiger partial charge in [0.25, 0.3) is 0 Å². The minimum atomic E-state index is 0.450. The van der Waals surface area contributed by atoms with Gasteiger partial charge in [0, 0.05) is 19.1 Å². The lowest BCUT2D eigenvalue weighted by atomic mass is 9.81. The fourth-order valence-corrected chi connectivity index (χ4v) is 2.48. The van der Waals surface area contributed by atoms with E-state index in [1.54, 1.807) is 0 Å². The van der Waals surface area contributed by atoms with Crippen molar-refractivity contribution in [2.24, 2.45) is 5.41 Å². The molecule has 0 amide bonds. The SMILES string of the molecule is CCCCCN(C)CC(CC)(CC)CNC(C)C. The number of nitrogens with zero attached hydrogens (tertiary/aromatic N) is 1. The Bertz CT molecular complexity index is 186. The molecule has 1 N–H and O–H groups in total. The van der Waals surface area contributed by atoms with Gasteiger partial charge in [-0.2, -0.15) is 0 Å². The molecule has 0 rings (SSSR count). The Morgan fingerprint density at radius 1 is 1.06 bits per heavy atom. The maximum atomic E-state index is 3.63. The number of hydrogen-bond acceptors (Lipinski definition) is 2. The molecule has 18 heavy (non-hydrogen) atoms. The molecule has 0 spiro atoms. The van der Waals surface area contributed by atoms with E-state index in [1.807, 2.05) is 0 Å². The number of nitrogens with one attached hydrogen (secondary N) is 1. The topological polar surface area (TPSA) is 15.3 Å². The van der Waals surface area contributed by atoms with Crippen LogP contribution in [0.5, 0.6) is 0 Å². The van der Waals surface area contributed by atoms with Crippen molar-refractivity contribution in [3.63, 3.8) is 0 Å². The van der Waals surface area contributed by atoms with Gasteiger partial charge in [0.15, 0.2) is 0 Å². The average Bonchev–Trinajstić information content (AvgIpc) is 2.35. The molecular formula is C16H36N2. The van der Waals surface area contributed by atoms with Crippen LogP contribution in [0, 0.1) is 5.41 Å². The molecule has 0 bridgehead atoms. The smallest absolute Gasteiger partial charge is 0.00469 e. The van der Waals surface area contributed by atoms with E-state index < -0.39 is 0 Å². The third-order valence-corrected chi connectivity index (χ3v) is 4.13. The van der Waals surface area contributed by atoms with E-state index >= 15 is 0 Å². The molecule has 0 saturated carbocycles. The molecule has 0 radical (unpaired) electrons. The lowest BCUT2D eigenvalue weighted by molar-refractivity contribution is 0.151. The van der Waals surface area contributed by atoms with Gasteiger partial charge in [-0.05, 0) is 38.3 Å². The Kier molecular flexibility index (Phi) is 9.76. The van der Waals surface area contributed by atoms with Gasteiger partial charge >= 0.3 is 0 Å². The molecule has 0 fully saturated rings. The van der Waals surface area contributed by atoms with Crippen molar-refractivity contribution >= 4 is 0 Å². The Hall–Kier alpha value is -0.0800. The Morgan fingerprint density at radius 2 is 1.67 bits per heavy atom. The highest BCUT2D eigenvalue weighted by molar-refractivity contribution is 4.82. The van der Waals surface area contributed by atoms with E-state index in [0.717, 1.165) is 6.54 Å². The molecule has 0 saturated heterocycles. The second kappa shape index (κ2) is 9.80. The normalized spacial score (nSPS) is 12.7. The van der Waals surface area contributed by atoms with E-state index in [2.05, 4.69) is 51.9 Å². The molecule has 0 atom stereocenters. The monoisotopic (exact) mass is 256 g/mol. The first-order valence-electron chi connectivity index (χ1n) is 7.91. The summed E-state index contributed by atoms with van der Waals surface area (Å²) in [4.78, 5) is 2.53. The Labute approximate surface area is 116 Å². The van der Waals surface area contributed by atoms with Crippen molar-refractivity contribution in [3.8, 4) is 0 Å². The zero-order valence-electron chi connectivity index (χ0n) is 13.7. The summed E-state index contributed by atoms with van der Waals surface area (Å²) < 4.78 is 0. The molecule has 0 heterocycles. The molecule has 0 unspecified atom stereocenters. The first-order chi connectivity index (χ1) is 8.49. The molecule has 110 valence electrons. The molecular weight excluding hydrogens is 220 g/mol. The largest absolute Gasteiger partial charge is 0.314 e. The fraction of sp³-hybridized carbons (Fsp3) is 1.00. The maximum Gasteiger partial charge on any atom is 0.00469 e. The predicted molar refractivity (Wildman–Crippen MR) is 83.2 cm³/mol. The number of unbranched alkanes of at least 4 members (excludes halogenated alkanes) is 2. The second-order valence-corrected chi connectivity index (χ2v) is 6.19. The van der Waals surface area contributed by atoms with E-state index in [-0.39, 0.29) is 0 Å². The number of hydrogen-bond donors (Lipinski definition) is 1. The Balaban J connectivity index is 4.22. The lowest BCUT2D eigenvalue weighted by Gasteiger charge is -2.36.